The quantitative estimate of drug-likeness (QED) is 0.158. The molecule has 13 aromatic carbocycles. The van der Waals surface area contributed by atoms with Crippen LogP contribution in [0.4, 0.5) is 0 Å². The van der Waals surface area contributed by atoms with Gasteiger partial charge in [0.1, 0.15) is 11.2 Å². The molecule has 0 saturated heterocycles. The van der Waals surface area contributed by atoms with Crippen LogP contribution < -0.4 is 0 Å². The molecule has 0 bridgehead atoms. The third kappa shape index (κ3) is 5.17. The zero-order valence-corrected chi connectivity index (χ0v) is 34.2. The van der Waals surface area contributed by atoms with Crippen LogP contribution in [0.2, 0.25) is 0 Å². The Morgan fingerprint density at radius 2 is 0.698 bits per heavy atom. The third-order valence-electron chi connectivity index (χ3n) is 13.7. The average Bonchev–Trinajstić information content (AvgIpc) is 3.73. The molecule has 1 nitrogen and oxygen atoms in total. The van der Waals surface area contributed by atoms with Crippen molar-refractivity contribution in [3.8, 4) is 55.6 Å². The molecule has 0 unspecified atom stereocenters. The highest BCUT2D eigenvalue weighted by Gasteiger charge is 2.19. The first-order valence-electron chi connectivity index (χ1n) is 21.8. The van der Waals surface area contributed by atoms with Gasteiger partial charge in [-0.15, -0.1) is 0 Å². The number of benzene rings is 13. The van der Waals surface area contributed by atoms with Crippen molar-refractivity contribution in [1.82, 2.24) is 0 Å². The highest BCUT2D eigenvalue weighted by atomic mass is 16.3. The Bertz CT molecular complexity index is 4100. The molecule has 0 aliphatic carbocycles. The van der Waals surface area contributed by atoms with Crippen LogP contribution in [0.1, 0.15) is 0 Å². The van der Waals surface area contributed by atoms with Crippen molar-refractivity contribution >= 4 is 86.6 Å². The van der Waals surface area contributed by atoms with E-state index in [0.717, 1.165) is 33.1 Å². The fraction of sp³-hybridized carbons (Fsp3) is 0. The summed E-state index contributed by atoms with van der Waals surface area (Å²) in [5.41, 5.74) is 13.8. The van der Waals surface area contributed by atoms with Crippen LogP contribution in [0.25, 0.3) is 142 Å². The van der Waals surface area contributed by atoms with Crippen molar-refractivity contribution in [1.29, 1.82) is 0 Å². The van der Waals surface area contributed by atoms with E-state index in [9.17, 15) is 0 Å². The lowest BCUT2D eigenvalue weighted by atomic mass is 9.85. The molecule has 0 radical (unpaired) electrons. The summed E-state index contributed by atoms with van der Waals surface area (Å²) in [4.78, 5) is 0. The first-order valence-corrected chi connectivity index (χ1v) is 21.8. The van der Waals surface area contributed by atoms with Gasteiger partial charge >= 0.3 is 0 Å². The minimum Gasteiger partial charge on any atom is -0.456 e. The van der Waals surface area contributed by atoms with E-state index in [1.54, 1.807) is 0 Å². The van der Waals surface area contributed by atoms with Crippen molar-refractivity contribution in [2.24, 2.45) is 0 Å². The van der Waals surface area contributed by atoms with Gasteiger partial charge in [-0.1, -0.05) is 176 Å². The van der Waals surface area contributed by atoms with Crippen molar-refractivity contribution in [3.63, 3.8) is 0 Å². The molecule has 14 rings (SSSR count). The normalized spacial score (nSPS) is 12.1. The van der Waals surface area contributed by atoms with Gasteiger partial charge < -0.3 is 4.42 Å². The summed E-state index contributed by atoms with van der Waals surface area (Å²) in [5.74, 6) is 0. The standard InChI is InChI=1S/C62H36O/c1-2-8-37(9-3-1)55-35-44(24-28-51(55)50-27-21-43-19-17-39-11-7-13-41-23-30-54(50)62(43)60(39)41)46-32-47(45-25-31-58-56(36-45)52-14-4-5-15-57(52)63-58)34-48(33-46)49-26-20-42-18-16-38-10-6-12-40-22-29-53(49)61(42)59(38)40/h1-36H. The molecule has 0 spiro atoms. The van der Waals surface area contributed by atoms with Crippen molar-refractivity contribution < 1.29 is 4.42 Å². The lowest BCUT2D eigenvalue weighted by molar-refractivity contribution is 0.669. The molecule has 0 N–H and O–H groups in total. The van der Waals surface area contributed by atoms with E-state index in [4.69, 9.17) is 4.42 Å². The van der Waals surface area contributed by atoms with Crippen molar-refractivity contribution in [3.05, 3.63) is 218 Å². The average molecular weight is 797 g/mol. The van der Waals surface area contributed by atoms with Crippen LogP contribution in [-0.2, 0) is 0 Å². The Kier molecular flexibility index (Phi) is 7.17. The van der Waals surface area contributed by atoms with Crippen LogP contribution in [0.5, 0.6) is 0 Å². The SMILES string of the molecule is c1ccc(-c2cc(-c3cc(-c4ccc5oc6ccccc6c5c4)cc(-c4ccc5ccc6cccc7ccc4c5c67)c3)ccc2-c2ccc3ccc4cccc5ccc2c3c45)cc1. The van der Waals surface area contributed by atoms with Crippen molar-refractivity contribution in [2.45, 2.75) is 0 Å². The Balaban J connectivity index is 1.02. The highest BCUT2D eigenvalue weighted by Crippen LogP contribution is 2.46. The Morgan fingerprint density at radius 3 is 1.38 bits per heavy atom. The van der Waals surface area contributed by atoms with Gasteiger partial charge in [-0.25, -0.2) is 0 Å². The molecule has 0 atom stereocenters. The van der Waals surface area contributed by atoms with Gasteiger partial charge in [-0.3, -0.25) is 0 Å². The van der Waals surface area contributed by atoms with E-state index in [1.807, 2.05) is 6.07 Å². The van der Waals surface area contributed by atoms with Gasteiger partial charge in [-0.05, 0) is 163 Å². The molecule has 0 fully saturated rings. The molecule has 14 aromatic rings. The summed E-state index contributed by atoms with van der Waals surface area (Å²) in [6, 6.07) is 81.0. The molecule has 290 valence electrons. The minimum atomic E-state index is 0.901. The maximum absolute atomic E-state index is 6.30. The number of furan rings is 1. The predicted octanol–water partition coefficient (Wildman–Crippen LogP) is 17.7. The molecular formula is C62H36O. The van der Waals surface area contributed by atoms with E-state index in [-0.39, 0.29) is 0 Å². The van der Waals surface area contributed by atoms with Crippen LogP contribution in [0.15, 0.2) is 223 Å². The second kappa shape index (κ2) is 13.1. The Labute approximate surface area is 363 Å². The van der Waals surface area contributed by atoms with Crippen LogP contribution in [0, 0.1) is 0 Å². The number of hydrogen-bond acceptors (Lipinski definition) is 1. The largest absolute Gasteiger partial charge is 0.456 e. The van der Waals surface area contributed by atoms with Gasteiger partial charge in [0, 0.05) is 10.8 Å². The van der Waals surface area contributed by atoms with Gasteiger partial charge in [0.25, 0.3) is 0 Å². The van der Waals surface area contributed by atoms with E-state index < -0.39 is 0 Å². The molecule has 0 aliphatic heterocycles. The first-order chi connectivity index (χ1) is 31.2. The van der Waals surface area contributed by atoms with Gasteiger partial charge in [0.2, 0.25) is 0 Å². The predicted molar refractivity (Wildman–Crippen MR) is 268 cm³/mol. The van der Waals surface area contributed by atoms with E-state index in [1.165, 1.54) is 109 Å². The second-order valence-corrected chi connectivity index (χ2v) is 17.2. The Morgan fingerprint density at radius 1 is 0.206 bits per heavy atom. The summed E-state index contributed by atoms with van der Waals surface area (Å²) in [7, 11) is 0. The highest BCUT2D eigenvalue weighted by molar-refractivity contribution is 6.27. The number of fused-ring (bicyclic) bond motifs is 3. The zero-order chi connectivity index (χ0) is 41.2. The molecule has 0 amide bonds. The number of hydrogen-bond donors (Lipinski definition) is 0. The lowest BCUT2D eigenvalue weighted by Crippen LogP contribution is -1.92. The summed E-state index contributed by atoms with van der Waals surface area (Å²) >= 11 is 0. The number of para-hydroxylation sites is 1. The molecule has 63 heavy (non-hydrogen) atoms. The minimum absolute atomic E-state index is 0.901. The molecule has 1 heterocycles. The Hall–Kier alpha value is -8.26. The second-order valence-electron chi connectivity index (χ2n) is 17.2. The van der Waals surface area contributed by atoms with E-state index in [2.05, 4.69) is 212 Å². The molecule has 0 aliphatic rings. The lowest BCUT2D eigenvalue weighted by Gasteiger charge is -2.19. The topological polar surface area (TPSA) is 13.1 Å². The van der Waals surface area contributed by atoms with Gasteiger partial charge in [0.15, 0.2) is 0 Å². The molecule has 0 saturated carbocycles. The summed E-state index contributed by atoms with van der Waals surface area (Å²) in [6.45, 7) is 0. The number of rotatable bonds is 5. The van der Waals surface area contributed by atoms with Gasteiger partial charge in [0.05, 0.1) is 0 Å². The summed E-state index contributed by atoms with van der Waals surface area (Å²) in [5, 5.41) is 17.8. The first kappa shape index (κ1) is 34.5. The fourth-order valence-electron chi connectivity index (χ4n) is 10.8. The van der Waals surface area contributed by atoms with Crippen molar-refractivity contribution in [2.75, 3.05) is 0 Å². The van der Waals surface area contributed by atoms with E-state index >= 15 is 0 Å². The maximum Gasteiger partial charge on any atom is 0.135 e. The van der Waals surface area contributed by atoms with Crippen LogP contribution >= 0.6 is 0 Å². The maximum atomic E-state index is 6.30. The summed E-state index contributed by atoms with van der Waals surface area (Å²) < 4.78 is 6.30. The molecular weight excluding hydrogens is 761 g/mol. The fourth-order valence-corrected chi connectivity index (χ4v) is 10.8. The van der Waals surface area contributed by atoms with Crippen LogP contribution in [-0.4, -0.2) is 0 Å². The smallest absolute Gasteiger partial charge is 0.135 e. The molecule has 1 aromatic heterocycles. The summed E-state index contributed by atoms with van der Waals surface area (Å²) in [6.07, 6.45) is 0. The third-order valence-corrected chi connectivity index (χ3v) is 13.7. The van der Waals surface area contributed by atoms with Crippen LogP contribution in [0.3, 0.4) is 0 Å². The monoisotopic (exact) mass is 796 g/mol. The zero-order valence-electron chi connectivity index (χ0n) is 34.2. The van der Waals surface area contributed by atoms with E-state index in [0.29, 0.717) is 0 Å². The molecule has 1 heteroatoms. The van der Waals surface area contributed by atoms with Gasteiger partial charge in [-0.2, -0.15) is 0 Å².